The summed E-state index contributed by atoms with van der Waals surface area (Å²) in [5.74, 6) is 1.71. The van der Waals surface area contributed by atoms with E-state index in [1.165, 1.54) is 5.56 Å². The van der Waals surface area contributed by atoms with Crippen molar-refractivity contribution in [3.05, 3.63) is 100.0 Å². The van der Waals surface area contributed by atoms with E-state index in [2.05, 4.69) is 22.9 Å². The zero-order valence-electron chi connectivity index (χ0n) is 16.5. The summed E-state index contributed by atoms with van der Waals surface area (Å²) in [7, 11) is 1.67. The second-order valence-electron chi connectivity index (χ2n) is 7.03. The number of aryl methyl sites for hydroxylation is 1. The Morgan fingerprint density at radius 2 is 1.97 bits per heavy atom. The second-order valence-corrected chi connectivity index (χ2v) is 7.03. The summed E-state index contributed by atoms with van der Waals surface area (Å²) in [4.78, 5) is 19.3. The number of benzene rings is 1. The SMILES string of the molecule is COc1ccc(CN(Cc2cc(=O)n3ccccc3n2)Cc2ccco2)c(C)c1. The fourth-order valence-electron chi connectivity index (χ4n) is 3.42. The van der Waals surface area contributed by atoms with Crippen molar-refractivity contribution in [2.45, 2.75) is 26.6 Å². The monoisotopic (exact) mass is 389 g/mol. The Balaban J connectivity index is 1.63. The van der Waals surface area contributed by atoms with E-state index < -0.39 is 0 Å². The molecule has 0 amide bonds. The molecule has 6 heteroatoms. The summed E-state index contributed by atoms with van der Waals surface area (Å²) in [6.07, 6.45) is 3.41. The number of fused-ring (bicyclic) bond motifs is 1. The molecule has 4 rings (SSSR count). The number of pyridine rings is 1. The van der Waals surface area contributed by atoms with Gasteiger partial charge in [-0.05, 0) is 54.4 Å². The lowest BCUT2D eigenvalue weighted by molar-refractivity contribution is 0.224. The molecule has 0 N–H and O–H groups in total. The van der Waals surface area contributed by atoms with Crippen LogP contribution in [0.15, 0.2) is 76.3 Å². The van der Waals surface area contributed by atoms with E-state index in [1.807, 2.05) is 42.5 Å². The summed E-state index contributed by atoms with van der Waals surface area (Å²) < 4.78 is 12.4. The highest BCUT2D eigenvalue weighted by Gasteiger charge is 2.14. The van der Waals surface area contributed by atoms with Gasteiger partial charge in [0.1, 0.15) is 17.2 Å². The molecule has 0 radical (unpaired) electrons. The van der Waals surface area contributed by atoms with E-state index in [9.17, 15) is 4.79 Å². The van der Waals surface area contributed by atoms with Gasteiger partial charge in [0, 0.05) is 25.4 Å². The number of rotatable bonds is 7. The number of furan rings is 1. The highest BCUT2D eigenvalue weighted by atomic mass is 16.5. The third-order valence-corrected chi connectivity index (χ3v) is 4.91. The van der Waals surface area contributed by atoms with E-state index in [-0.39, 0.29) is 5.56 Å². The largest absolute Gasteiger partial charge is 0.497 e. The van der Waals surface area contributed by atoms with Crippen LogP contribution in [0.3, 0.4) is 0 Å². The smallest absolute Gasteiger partial charge is 0.258 e. The molecule has 0 fully saturated rings. The Labute approximate surface area is 169 Å². The standard InChI is InChI=1S/C23H23N3O3/c1-17-12-20(28-2)9-8-18(17)14-25(16-21-6-5-11-29-21)15-19-13-23(27)26-10-4-3-7-22(26)24-19/h3-13H,14-16H2,1-2H3. The van der Waals surface area contributed by atoms with Crippen LogP contribution in [0.1, 0.15) is 22.6 Å². The molecule has 29 heavy (non-hydrogen) atoms. The number of aromatic nitrogens is 2. The number of methoxy groups -OCH3 is 1. The minimum absolute atomic E-state index is 0.0795. The summed E-state index contributed by atoms with van der Waals surface area (Å²) in [5, 5.41) is 0. The maximum absolute atomic E-state index is 12.5. The molecule has 0 saturated heterocycles. The first-order valence-corrected chi connectivity index (χ1v) is 9.48. The Kier molecular flexibility index (Phi) is 5.44. The van der Waals surface area contributed by atoms with Gasteiger partial charge < -0.3 is 9.15 Å². The third-order valence-electron chi connectivity index (χ3n) is 4.91. The molecule has 1 aromatic carbocycles. The van der Waals surface area contributed by atoms with Crippen LogP contribution in [0.2, 0.25) is 0 Å². The van der Waals surface area contributed by atoms with E-state index in [0.717, 1.165) is 22.8 Å². The predicted octanol–water partition coefficient (Wildman–Crippen LogP) is 3.81. The molecule has 0 saturated carbocycles. The molecule has 148 valence electrons. The zero-order valence-corrected chi connectivity index (χ0v) is 16.5. The summed E-state index contributed by atoms with van der Waals surface area (Å²) in [6.45, 7) is 3.93. The van der Waals surface area contributed by atoms with E-state index in [0.29, 0.717) is 25.3 Å². The number of hydrogen-bond acceptors (Lipinski definition) is 5. The molecule has 0 aliphatic carbocycles. The highest BCUT2D eigenvalue weighted by Crippen LogP contribution is 2.20. The van der Waals surface area contributed by atoms with Crippen molar-refractivity contribution in [1.82, 2.24) is 14.3 Å². The van der Waals surface area contributed by atoms with Crippen molar-refractivity contribution in [2.24, 2.45) is 0 Å². The van der Waals surface area contributed by atoms with Gasteiger partial charge in [-0.2, -0.15) is 0 Å². The molecular weight excluding hydrogens is 366 g/mol. The van der Waals surface area contributed by atoms with Crippen LogP contribution in [-0.2, 0) is 19.6 Å². The molecule has 3 heterocycles. The molecule has 0 atom stereocenters. The predicted molar refractivity (Wildman–Crippen MR) is 111 cm³/mol. The molecule has 0 aliphatic rings. The molecule has 0 bridgehead atoms. The quantitative estimate of drug-likeness (QED) is 0.481. The lowest BCUT2D eigenvalue weighted by Crippen LogP contribution is -2.25. The molecule has 0 unspecified atom stereocenters. The van der Waals surface area contributed by atoms with Crippen molar-refractivity contribution < 1.29 is 9.15 Å². The maximum Gasteiger partial charge on any atom is 0.258 e. The summed E-state index contributed by atoms with van der Waals surface area (Å²) in [6, 6.07) is 17.1. The van der Waals surface area contributed by atoms with Crippen molar-refractivity contribution in [1.29, 1.82) is 0 Å². The van der Waals surface area contributed by atoms with E-state index >= 15 is 0 Å². The Morgan fingerprint density at radius 1 is 1.07 bits per heavy atom. The van der Waals surface area contributed by atoms with Crippen LogP contribution in [0.25, 0.3) is 5.65 Å². The Bertz CT molecular complexity index is 1170. The van der Waals surface area contributed by atoms with E-state index in [4.69, 9.17) is 9.15 Å². The lowest BCUT2D eigenvalue weighted by atomic mass is 10.1. The lowest BCUT2D eigenvalue weighted by Gasteiger charge is -2.22. The van der Waals surface area contributed by atoms with Crippen LogP contribution in [-0.4, -0.2) is 21.4 Å². The van der Waals surface area contributed by atoms with Crippen molar-refractivity contribution in [2.75, 3.05) is 7.11 Å². The second kappa shape index (κ2) is 8.32. The summed E-state index contributed by atoms with van der Waals surface area (Å²) in [5.41, 5.74) is 3.65. The van der Waals surface area contributed by atoms with Gasteiger partial charge in [0.05, 0.1) is 25.6 Å². The van der Waals surface area contributed by atoms with Gasteiger partial charge in [0.2, 0.25) is 0 Å². The van der Waals surface area contributed by atoms with Gasteiger partial charge in [0.15, 0.2) is 0 Å². The van der Waals surface area contributed by atoms with Gasteiger partial charge in [-0.25, -0.2) is 4.98 Å². The van der Waals surface area contributed by atoms with Crippen LogP contribution in [0, 0.1) is 6.92 Å². The molecular formula is C23H23N3O3. The first-order valence-electron chi connectivity index (χ1n) is 9.48. The minimum Gasteiger partial charge on any atom is -0.497 e. The molecule has 6 nitrogen and oxygen atoms in total. The number of ether oxygens (including phenoxy) is 1. The number of nitrogens with zero attached hydrogens (tertiary/aromatic N) is 3. The third kappa shape index (κ3) is 4.38. The Hall–Kier alpha value is -3.38. The summed E-state index contributed by atoms with van der Waals surface area (Å²) >= 11 is 0. The van der Waals surface area contributed by atoms with Gasteiger partial charge >= 0.3 is 0 Å². The molecule has 4 aromatic rings. The van der Waals surface area contributed by atoms with Gasteiger partial charge in [0.25, 0.3) is 5.56 Å². The zero-order chi connectivity index (χ0) is 20.2. The van der Waals surface area contributed by atoms with Crippen molar-refractivity contribution in [3.8, 4) is 5.75 Å². The van der Waals surface area contributed by atoms with Gasteiger partial charge in [-0.1, -0.05) is 12.1 Å². The Morgan fingerprint density at radius 3 is 2.72 bits per heavy atom. The fraction of sp³-hybridized carbons (Fsp3) is 0.217. The van der Waals surface area contributed by atoms with Gasteiger partial charge in [-0.15, -0.1) is 0 Å². The first-order chi connectivity index (χ1) is 14.1. The topological polar surface area (TPSA) is 60.0 Å². The van der Waals surface area contributed by atoms with E-state index in [1.54, 1.807) is 30.0 Å². The van der Waals surface area contributed by atoms with Crippen LogP contribution >= 0.6 is 0 Å². The maximum atomic E-state index is 12.5. The van der Waals surface area contributed by atoms with Crippen LogP contribution in [0.5, 0.6) is 5.75 Å². The van der Waals surface area contributed by atoms with Crippen molar-refractivity contribution >= 4 is 5.65 Å². The van der Waals surface area contributed by atoms with Gasteiger partial charge in [-0.3, -0.25) is 14.1 Å². The molecule has 3 aromatic heterocycles. The fourth-order valence-corrected chi connectivity index (χ4v) is 3.42. The molecule has 0 spiro atoms. The molecule has 0 aliphatic heterocycles. The van der Waals surface area contributed by atoms with Crippen LogP contribution < -0.4 is 10.3 Å². The average Bonchev–Trinajstić information content (AvgIpc) is 3.22. The van der Waals surface area contributed by atoms with Crippen LogP contribution in [0.4, 0.5) is 0 Å². The normalized spacial score (nSPS) is 11.3. The first kappa shape index (κ1) is 19.0. The highest BCUT2D eigenvalue weighted by molar-refractivity contribution is 5.38. The number of hydrogen-bond donors (Lipinski definition) is 0. The van der Waals surface area contributed by atoms with Crippen molar-refractivity contribution in [3.63, 3.8) is 0 Å². The average molecular weight is 389 g/mol. The minimum atomic E-state index is -0.0795.